The van der Waals surface area contributed by atoms with Crippen molar-refractivity contribution in [1.82, 2.24) is 10.3 Å². The molecule has 0 saturated carbocycles. The zero-order chi connectivity index (χ0) is 14.4. The minimum Gasteiger partial charge on any atom is -0.309 e. The number of rotatable bonds is 6. The van der Waals surface area contributed by atoms with Gasteiger partial charge in [-0.2, -0.15) is 0 Å². The zero-order valence-electron chi connectivity index (χ0n) is 12.4. The number of thioether (sulfide) groups is 1. The van der Waals surface area contributed by atoms with Crippen LogP contribution < -0.4 is 5.32 Å². The third kappa shape index (κ3) is 4.09. The fraction of sp³-hybridized carbons (Fsp3) is 0.353. The van der Waals surface area contributed by atoms with Gasteiger partial charge >= 0.3 is 0 Å². The summed E-state index contributed by atoms with van der Waals surface area (Å²) in [5, 5.41) is 3.38. The molecule has 0 amide bonds. The molecular weight excluding hydrogens is 264 g/mol. The molecule has 2 rings (SSSR count). The highest BCUT2D eigenvalue weighted by molar-refractivity contribution is 7.98. The van der Waals surface area contributed by atoms with Crippen molar-refractivity contribution in [3.8, 4) is 0 Å². The third-order valence-corrected chi connectivity index (χ3v) is 4.40. The molecule has 1 aromatic carbocycles. The molecule has 1 N–H and O–H groups in total. The second-order valence-electron chi connectivity index (χ2n) is 4.91. The lowest BCUT2D eigenvalue weighted by Gasteiger charge is -2.12. The van der Waals surface area contributed by atoms with Gasteiger partial charge in [0.2, 0.25) is 0 Å². The molecular formula is C17H22N2S. The van der Waals surface area contributed by atoms with Crippen molar-refractivity contribution in [2.75, 3.05) is 6.54 Å². The van der Waals surface area contributed by atoms with E-state index >= 15 is 0 Å². The van der Waals surface area contributed by atoms with Crippen LogP contribution in [0.5, 0.6) is 0 Å². The molecule has 0 aliphatic heterocycles. The molecule has 0 bridgehead atoms. The van der Waals surface area contributed by atoms with Crippen LogP contribution in [0.2, 0.25) is 0 Å². The van der Waals surface area contributed by atoms with E-state index in [2.05, 4.69) is 67.5 Å². The van der Waals surface area contributed by atoms with Gasteiger partial charge in [-0.05, 0) is 43.7 Å². The molecule has 0 aliphatic carbocycles. The first-order valence-corrected chi connectivity index (χ1v) is 8.06. The fourth-order valence-corrected chi connectivity index (χ4v) is 3.01. The summed E-state index contributed by atoms with van der Waals surface area (Å²) in [6.07, 6.45) is 1.98. The van der Waals surface area contributed by atoms with Crippen LogP contribution in [0.25, 0.3) is 0 Å². The molecule has 1 atom stereocenters. The molecule has 0 saturated heterocycles. The van der Waals surface area contributed by atoms with Crippen LogP contribution in [0.1, 0.15) is 36.7 Å². The van der Waals surface area contributed by atoms with Crippen LogP contribution in [-0.4, -0.2) is 11.5 Å². The summed E-state index contributed by atoms with van der Waals surface area (Å²) in [6, 6.07) is 13.1. The molecule has 2 aromatic rings. The first-order valence-electron chi connectivity index (χ1n) is 7.07. The summed E-state index contributed by atoms with van der Waals surface area (Å²) >= 11 is 1.84. The van der Waals surface area contributed by atoms with Crippen molar-refractivity contribution < 1.29 is 0 Å². The van der Waals surface area contributed by atoms with Crippen LogP contribution in [0.3, 0.4) is 0 Å². The van der Waals surface area contributed by atoms with E-state index in [4.69, 9.17) is 0 Å². The summed E-state index contributed by atoms with van der Waals surface area (Å²) in [5.74, 6) is 0.996. The van der Waals surface area contributed by atoms with Crippen molar-refractivity contribution in [2.45, 2.75) is 37.5 Å². The highest BCUT2D eigenvalue weighted by atomic mass is 32.2. The van der Waals surface area contributed by atoms with Crippen molar-refractivity contribution in [3.63, 3.8) is 0 Å². The summed E-state index contributed by atoms with van der Waals surface area (Å²) in [7, 11) is 0. The topological polar surface area (TPSA) is 24.9 Å². The number of hydrogen-bond acceptors (Lipinski definition) is 3. The first kappa shape index (κ1) is 15.1. The van der Waals surface area contributed by atoms with E-state index < -0.39 is 0 Å². The molecule has 1 aromatic heterocycles. The molecule has 0 aliphatic rings. The Hall–Kier alpha value is -1.32. The molecule has 1 unspecified atom stereocenters. The van der Waals surface area contributed by atoms with E-state index in [9.17, 15) is 0 Å². The highest BCUT2D eigenvalue weighted by Crippen LogP contribution is 2.24. The van der Waals surface area contributed by atoms with Crippen molar-refractivity contribution in [2.24, 2.45) is 0 Å². The van der Waals surface area contributed by atoms with E-state index in [0.717, 1.165) is 18.0 Å². The molecule has 1 heterocycles. The minimum absolute atomic E-state index is 0.315. The Kier molecular flexibility index (Phi) is 5.62. The Morgan fingerprint density at radius 1 is 1.20 bits per heavy atom. The molecule has 0 spiro atoms. The second kappa shape index (κ2) is 7.46. The number of nitrogens with one attached hydrogen (secondary N) is 1. The number of hydrogen-bond donors (Lipinski definition) is 1. The average Bonchev–Trinajstić information content (AvgIpc) is 2.47. The van der Waals surface area contributed by atoms with Gasteiger partial charge in [0, 0.05) is 22.9 Å². The van der Waals surface area contributed by atoms with Gasteiger partial charge < -0.3 is 5.32 Å². The van der Waals surface area contributed by atoms with Gasteiger partial charge in [0.1, 0.15) is 0 Å². The standard InChI is InChI=1S/C17H22N2S/c1-4-18-14(3)17-10-9-16(11-19-17)20-12-15-8-6-5-7-13(15)2/h5-11,14,18H,4,12H2,1-3H3. The van der Waals surface area contributed by atoms with E-state index in [1.807, 2.05) is 18.0 Å². The zero-order valence-corrected chi connectivity index (χ0v) is 13.2. The van der Waals surface area contributed by atoms with E-state index in [1.165, 1.54) is 16.0 Å². The van der Waals surface area contributed by atoms with Crippen molar-refractivity contribution >= 4 is 11.8 Å². The predicted octanol–water partition coefficient (Wildman–Crippen LogP) is 4.35. The minimum atomic E-state index is 0.315. The largest absolute Gasteiger partial charge is 0.309 e. The fourth-order valence-electron chi connectivity index (χ4n) is 2.08. The number of aryl methyl sites for hydroxylation is 1. The quantitative estimate of drug-likeness (QED) is 0.799. The van der Waals surface area contributed by atoms with Crippen molar-refractivity contribution in [3.05, 3.63) is 59.4 Å². The molecule has 20 heavy (non-hydrogen) atoms. The maximum absolute atomic E-state index is 4.55. The number of aromatic nitrogens is 1. The summed E-state index contributed by atoms with van der Waals surface area (Å²) < 4.78 is 0. The maximum Gasteiger partial charge on any atom is 0.0571 e. The Labute approximate surface area is 126 Å². The van der Waals surface area contributed by atoms with Crippen LogP contribution >= 0.6 is 11.8 Å². The summed E-state index contributed by atoms with van der Waals surface area (Å²) in [5.41, 5.74) is 3.85. The number of pyridine rings is 1. The lowest BCUT2D eigenvalue weighted by atomic mass is 10.1. The van der Waals surface area contributed by atoms with Crippen LogP contribution in [0.15, 0.2) is 47.5 Å². The van der Waals surface area contributed by atoms with Gasteiger partial charge in [-0.15, -0.1) is 11.8 Å². The molecule has 0 radical (unpaired) electrons. The van der Waals surface area contributed by atoms with Gasteiger partial charge in [-0.3, -0.25) is 4.98 Å². The smallest absolute Gasteiger partial charge is 0.0571 e. The van der Waals surface area contributed by atoms with Gasteiger partial charge in [-0.1, -0.05) is 31.2 Å². The Morgan fingerprint density at radius 3 is 2.65 bits per heavy atom. The van der Waals surface area contributed by atoms with Gasteiger partial charge in [0.15, 0.2) is 0 Å². The summed E-state index contributed by atoms with van der Waals surface area (Å²) in [6.45, 7) is 7.39. The predicted molar refractivity (Wildman–Crippen MR) is 87.1 cm³/mol. The van der Waals surface area contributed by atoms with Crippen molar-refractivity contribution in [1.29, 1.82) is 0 Å². The molecule has 3 heteroatoms. The Morgan fingerprint density at radius 2 is 2.00 bits per heavy atom. The second-order valence-corrected chi connectivity index (χ2v) is 5.96. The maximum atomic E-state index is 4.55. The monoisotopic (exact) mass is 286 g/mol. The number of nitrogens with zero attached hydrogens (tertiary/aromatic N) is 1. The van der Waals surface area contributed by atoms with E-state index in [1.54, 1.807) is 0 Å². The lowest BCUT2D eigenvalue weighted by molar-refractivity contribution is 0.582. The highest BCUT2D eigenvalue weighted by Gasteiger charge is 2.05. The Bertz CT molecular complexity index is 537. The molecule has 2 nitrogen and oxygen atoms in total. The summed E-state index contributed by atoms with van der Waals surface area (Å²) in [4.78, 5) is 5.77. The van der Waals surface area contributed by atoms with Gasteiger partial charge in [0.05, 0.1) is 5.69 Å². The van der Waals surface area contributed by atoms with E-state index in [-0.39, 0.29) is 0 Å². The van der Waals surface area contributed by atoms with Crippen LogP contribution in [-0.2, 0) is 5.75 Å². The molecule has 0 fully saturated rings. The third-order valence-electron chi connectivity index (χ3n) is 3.37. The van der Waals surface area contributed by atoms with E-state index in [0.29, 0.717) is 6.04 Å². The SMILES string of the molecule is CCNC(C)c1ccc(SCc2ccccc2C)cn1. The Balaban J connectivity index is 1.96. The lowest BCUT2D eigenvalue weighted by Crippen LogP contribution is -2.18. The van der Waals surface area contributed by atoms with Crippen LogP contribution in [0.4, 0.5) is 0 Å². The average molecular weight is 286 g/mol. The first-order chi connectivity index (χ1) is 9.70. The van der Waals surface area contributed by atoms with Gasteiger partial charge in [-0.25, -0.2) is 0 Å². The normalized spacial score (nSPS) is 12.3. The van der Waals surface area contributed by atoms with Gasteiger partial charge in [0.25, 0.3) is 0 Å². The number of benzene rings is 1. The van der Waals surface area contributed by atoms with Crippen LogP contribution in [0, 0.1) is 6.92 Å². The molecule has 106 valence electrons.